The average Bonchev–Trinajstić information content (AvgIpc) is 2.73. The third-order valence-corrected chi connectivity index (χ3v) is 5.76. The van der Waals surface area contributed by atoms with Gasteiger partial charge in [-0.1, -0.05) is 33.1 Å². The van der Waals surface area contributed by atoms with Crippen molar-refractivity contribution in [1.29, 1.82) is 5.26 Å². The van der Waals surface area contributed by atoms with Crippen LogP contribution in [0.2, 0.25) is 0 Å². The molecular formula is C22H36N4O4. The predicted octanol–water partition coefficient (Wildman–Crippen LogP) is 1.65. The van der Waals surface area contributed by atoms with Crippen LogP contribution in [0.4, 0.5) is 0 Å². The van der Waals surface area contributed by atoms with Crippen molar-refractivity contribution in [1.82, 2.24) is 14.7 Å². The van der Waals surface area contributed by atoms with E-state index in [0.717, 1.165) is 25.7 Å². The second-order valence-corrected chi connectivity index (χ2v) is 8.78. The number of hydrogen-bond acceptors (Lipinski definition) is 5. The summed E-state index contributed by atoms with van der Waals surface area (Å²) >= 11 is 0. The van der Waals surface area contributed by atoms with E-state index in [-0.39, 0.29) is 43.3 Å². The highest BCUT2D eigenvalue weighted by atomic mass is 16.5. The molecule has 0 aromatic heterocycles. The van der Waals surface area contributed by atoms with Gasteiger partial charge in [-0.25, -0.2) is 0 Å². The summed E-state index contributed by atoms with van der Waals surface area (Å²) in [5.74, 6) is 0.0111. The van der Waals surface area contributed by atoms with E-state index in [1.54, 1.807) is 4.90 Å². The Morgan fingerprint density at radius 1 is 1.03 bits per heavy atom. The van der Waals surface area contributed by atoms with Gasteiger partial charge in [0.25, 0.3) is 0 Å². The van der Waals surface area contributed by atoms with E-state index in [9.17, 15) is 14.4 Å². The Kier molecular flexibility index (Phi) is 10.1. The maximum atomic E-state index is 13.0. The van der Waals surface area contributed by atoms with Gasteiger partial charge >= 0.3 is 0 Å². The quantitative estimate of drug-likeness (QED) is 0.529. The molecule has 0 spiro atoms. The van der Waals surface area contributed by atoms with E-state index in [1.165, 1.54) is 16.2 Å². The number of nitrogens with zero attached hydrogens (tertiary/aromatic N) is 4. The summed E-state index contributed by atoms with van der Waals surface area (Å²) in [4.78, 5) is 43.0. The molecule has 2 rings (SSSR count). The number of ether oxygens (including phenoxy) is 1. The van der Waals surface area contributed by atoms with Crippen molar-refractivity contribution in [3.8, 4) is 6.07 Å². The number of rotatable bonds is 9. The summed E-state index contributed by atoms with van der Waals surface area (Å²) in [5, 5.41) is 9.16. The second kappa shape index (κ2) is 12.5. The van der Waals surface area contributed by atoms with Gasteiger partial charge in [0.15, 0.2) is 0 Å². The molecule has 1 saturated carbocycles. The van der Waals surface area contributed by atoms with E-state index in [4.69, 9.17) is 10.00 Å². The van der Waals surface area contributed by atoms with Gasteiger partial charge < -0.3 is 19.4 Å². The van der Waals surface area contributed by atoms with Gasteiger partial charge in [0, 0.05) is 26.1 Å². The van der Waals surface area contributed by atoms with E-state index >= 15 is 0 Å². The Morgan fingerprint density at radius 3 is 2.30 bits per heavy atom. The number of nitriles is 1. The standard InChI is InChI=1S/C22H36N4O4/c1-18(2)15-26(17-21(28)24-10-12-30-13-11-24)22(29)16-25(9-8-23)20(27)14-19-6-4-3-5-7-19/h18-19H,3-7,9-17H2,1-2H3. The molecule has 0 unspecified atom stereocenters. The Bertz CT molecular complexity index is 619. The largest absolute Gasteiger partial charge is 0.378 e. The lowest BCUT2D eigenvalue weighted by Crippen LogP contribution is -2.50. The van der Waals surface area contributed by atoms with Crippen LogP contribution in [-0.2, 0) is 19.1 Å². The summed E-state index contributed by atoms with van der Waals surface area (Å²) in [7, 11) is 0. The van der Waals surface area contributed by atoms with Gasteiger partial charge in [0.2, 0.25) is 17.7 Å². The molecule has 0 atom stereocenters. The van der Waals surface area contributed by atoms with Crippen molar-refractivity contribution in [2.75, 3.05) is 52.5 Å². The fourth-order valence-corrected chi connectivity index (χ4v) is 4.12. The van der Waals surface area contributed by atoms with Crippen LogP contribution in [0, 0.1) is 23.2 Å². The van der Waals surface area contributed by atoms with Gasteiger partial charge in [0.05, 0.1) is 25.8 Å². The lowest BCUT2D eigenvalue weighted by atomic mass is 9.86. The summed E-state index contributed by atoms with van der Waals surface area (Å²) in [5.41, 5.74) is 0. The van der Waals surface area contributed by atoms with Gasteiger partial charge in [0.1, 0.15) is 13.1 Å². The number of carbonyl (C=O) groups is 3. The monoisotopic (exact) mass is 420 g/mol. The molecule has 0 aromatic carbocycles. The Morgan fingerprint density at radius 2 is 1.70 bits per heavy atom. The molecule has 0 bridgehead atoms. The van der Waals surface area contributed by atoms with Crippen LogP contribution < -0.4 is 0 Å². The normalized spacial score (nSPS) is 17.5. The third kappa shape index (κ3) is 7.94. The zero-order valence-electron chi connectivity index (χ0n) is 18.5. The highest BCUT2D eigenvalue weighted by molar-refractivity contribution is 5.88. The number of morpholine rings is 1. The van der Waals surface area contributed by atoms with Crippen LogP contribution in [0.15, 0.2) is 0 Å². The highest BCUT2D eigenvalue weighted by Crippen LogP contribution is 2.26. The van der Waals surface area contributed by atoms with Crippen molar-refractivity contribution in [2.45, 2.75) is 52.4 Å². The Labute approximate surface area is 180 Å². The van der Waals surface area contributed by atoms with Crippen LogP contribution in [0.25, 0.3) is 0 Å². The molecule has 30 heavy (non-hydrogen) atoms. The van der Waals surface area contributed by atoms with Gasteiger partial charge in [-0.3, -0.25) is 14.4 Å². The molecule has 8 heteroatoms. The maximum absolute atomic E-state index is 13.0. The molecule has 1 saturated heterocycles. The minimum atomic E-state index is -0.280. The number of hydrogen-bond donors (Lipinski definition) is 0. The van der Waals surface area contributed by atoms with E-state index < -0.39 is 0 Å². The predicted molar refractivity (Wildman–Crippen MR) is 112 cm³/mol. The minimum Gasteiger partial charge on any atom is -0.378 e. The second-order valence-electron chi connectivity index (χ2n) is 8.78. The van der Waals surface area contributed by atoms with Gasteiger partial charge in [-0.2, -0.15) is 5.26 Å². The maximum Gasteiger partial charge on any atom is 0.242 e. The van der Waals surface area contributed by atoms with Gasteiger partial charge in [-0.15, -0.1) is 0 Å². The van der Waals surface area contributed by atoms with Crippen LogP contribution >= 0.6 is 0 Å². The molecule has 1 aliphatic heterocycles. The first kappa shape index (κ1) is 24.1. The lowest BCUT2D eigenvalue weighted by molar-refractivity contribution is -0.145. The molecule has 2 fully saturated rings. The smallest absolute Gasteiger partial charge is 0.242 e. The van der Waals surface area contributed by atoms with Crippen LogP contribution in [0.5, 0.6) is 0 Å². The van der Waals surface area contributed by atoms with Crippen molar-refractivity contribution < 1.29 is 19.1 Å². The molecule has 0 N–H and O–H groups in total. The summed E-state index contributed by atoms with van der Waals surface area (Å²) in [6, 6.07) is 2.01. The minimum absolute atomic E-state index is 0.00573. The molecule has 3 amide bonds. The zero-order valence-corrected chi connectivity index (χ0v) is 18.5. The molecule has 1 heterocycles. The van der Waals surface area contributed by atoms with Crippen LogP contribution in [0.3, 0.4) is 0 Å². The van der Waals surface area contributed by atoms with E-state index in [0.29, 0.717) is 45.2 Å². The molecular weight excluding hydrogens is 384 g/mol. The fourth-order valence-electron chi connectivity index (χ4n) is 4.12. The van der Waals surface area contributed by atoms with Crippen molar-refractivity contribution in [3.63, 3.8) is 0 Å². The molecule has 8 nitrogen and oxygen atoms in total. The van der Waals surface area contributed by atoms with E-state index in [1.807, 2.05) is 19.9 Å². The van der Waals surface area contributed by atoms with Gasteiger partial charge in [-0.05, 0) is 24.7 Å². The summed E-state index contributed by atoms with van der Waals surface area (Å²) in [6.45, 7) is 6.23. The molecule has 0 aromatic rings. The van der Waals surface area contributed by atoms with Crippen molar-refractivity contribution in [2.24, 2.45) is 11.8 Å². The third-order valence-electron chi connectivity index (χ3n) is 5.76. The Balaban J connectivity index is 1.97. The van der Waals surface area contributed by atoms with E-state index in [2.05, 4.69) is 0 Å². The number of amides is 3. The zero-order chi connectivity index (χ0) is 21.9. The summed E-state index contributed by atoms with van der Waals surface area (Å²) < 4.78 is 5.29. The SMILES string of the molecule is CC(C)CN(CC(=O)N1CCOCC1)C(=O)CN(CC#N)C(=O)CC1CCCCC1. The summed E-state index contributed by atoms with van der Waals surface area (Å²) in [6.07, 6.45) is 5.96. The first-order chi connectivity index (χ1) is 14.4. The first-order valence-corrected chi connectivity index (χ1v) is 11.2. The van der Waals surface area contributed by atoms with Crippen LogP contribution in [0.1, 0.15) is 52.4 Å². The molecule has 168 valence electrons. The topological polar surface area (TPSA) is 93.9 Å². The van der Waals surface area contributed by atoms with Crippen molar-refractivity contribution >= 4 is 17.7 Å². The fraction of sp³-hybridized carbons (Fsp3) is 0.818. The molecule has 1 aliphatic carbocycles. The first-order valence-electron chi connectivity index (χ1n) is 11.2. The average molecular weight is 421 g/mol. The van der Waals surface area contributed by atoms with Crippen LogP contribution in [-0.4, -0.2) is 84.9 Å². The number of carbonyl (C=O) groups excluding carboxylic acids is 3. The lowest BCUT2D eigenvalue weighted by Gasteiger charge is -2.32. The molecule has 0 radical (unpaired) electrons. The Hall–Kier alpha value is -2.14. The van der Waals surface area contributed by atoms with Crippen molar-refractivity contribution in [3.05, 3.63) is 0 Å². The molecule has 2 aliphatic rings. The highest BCUT2D eigenvalue weighted by Gasteiger charge is 2.27.